The number of rotatable bonds is 4. The summed E-state index contributed by atoms with van der Waals surface area (Å²) in [6, 6.07) is 15.3. The Balaban J connectivity index is 1.94. The Kier molecular flexibility index (Phi) is 4.41. The SMILES string of the molecule is N#CCOc1ccc([C@H]2C(C(N)=O)=C(N)Oc3c2c(=O)oc2ccccc32)cc1. The zero-order chi connectivity index (χ0) is 20.5. The number of hydrogen-bond donors (Lipinski definition) is 2. The number of hydrogen-bond acceptors (Lipinski definition) is 7. The highest BCUT2D eigenvalue weighted by Crippen LogP contribution is 2.43. The smallest absolute Gasteiger partial charge is 0.344 e. The minimum Gasteiger partial charge on any atom is -0.479 e. The number of nitrogens with zero attached hydrogens (tertiary/aromatic N) is 1. The van der Waals surface area contributed by atoms with E-state index in [1.807, 2.05) is 6.07 Å². The molecule has 0 saturated carbocycles. The Labute approximate surface area is 164 Å². The Morgan fingerprint density at radius 3 is 2.59 bits per heavy atom. The molecule has 3 aromatic rings. The van der Waals surface area contributed by atoms with Crippen molar-refractivity contribution in [2.45, 2.75) is 5.92 Å². The summed E-state index contributed by atoms with van der Waals surface area (Å²) in [6.07, 6.45) is 0. The molecule has 1 aromatic heterocycles. The largest absolute Gasteiger partial charge is 0.479 e. The minimum absolute atomic E-state index is 0.0363. The molecule has 2 heterocycles. The molecule has 0 unspecified atom stereocenters. The average Bonchev–Trinajstić information content (AvgIpc) is 2.71. The first-order valence-electron chi connectivity index (χ1n) is 8.64. The molecule has 1 aliphatic rings. The summed E-state index contributed by atoms with van der Waals surface area (Å²) in [4.78, 5) is 25.0. The number of primary amides is 1. The van der Waals surface area contributed by atoms with E-state index in [0.717, 1.165) is 0 Å². The van der Waals surface area contributed by atoms with Crippen molar-refractivity contribution >= 4 is 16.9 Å². The quantitative estimate of drug-likeness (QED) is 0.649. The van der Waals surface area contributed by atoms with Crippen molar-refractivity contribution in [1.82, 2.24) is 0 Å². The Bertz CT molecular complexity index is 1250. The van der Waals surface area contributed by atoms with E-state index in [4.69, 9.17) is 30.6 Å². The van der Waals surface area contributed by atoms with E-state index in [0.29, 0.717) is 22.3 Å². The van der Waals surface area contributed by atoms with Crippen LogP contribution in [0.4, 0.5) is 0 Å². The predicted octanol–water partition coefficient (Wildman–Crippen LogP) is 1.88. The van der Waals surface area contributed by atoms with Gasteiger partial charge < -0.3 is 25.4 Å². The zero-order valence-corrected chi connectivity index (χ0v) is 15.0. The van der Waals surface area contributed by atoms with E-state index in [1.54, 1.807) is 48.5 Å². The van der Waals surface area contributed by atoms with Gasteiger partial charge in [-0.3, -0.25) is 4.79 Å². The normalized spacial score (nSPS) is 15.3. The number of carbonyl (C=O) groups excluding carboxylic acids is 1. The van der Waals surface area contributed by atoms with Gasteiger partial charge in [-0.05, 0) is 29.8 Å². The van der Waals surface area contributed by atoms with Gasteiger partial charge in [0.15, 0.2) is 12.4 Å². The summed E-state index contributed by atoms with van der Waals surface area (Å²) in [6.45, 7) is -0.103. The number of benzene rings is 2. The molecule has 0 aliphatic carbocycles. The lowest BCUT2D eigenvalue weighted by molar-refractivity contribution is -0.115. The average molecular weight is 389 g/mol. The van der Waals surface area contributed by atoms with Crippen LogP contribution in [0.1, 0.15) is 17.0 Å². The summed E-state index contributed by atoms with van der Waals surface area (Å²) in [5.41, 5.74) is 11.9. The van der Waals surface area contributed by atoms with E-state index in [9.17, 15) is 9.59 Å². The molecule has 29 heavy (non-hydrogen) atoms. The number of ether oxygens (including phenoxy) is 2. The van der Waals surface area contributed by atoms with Crippen molar-refractivity contribution in [3.63, 3.8) is 0 Å². The third-order valence-corrected chi connectivity index (χ3v) is 4.64. The van der Waals surface area contributed by atoms with Crippen molar-refractivity contribution in [2.24, 2.45) is 11.5 Å². The second-order valence-corrected chi connectivity index (χ2v) is 6.32. The molecule has 1 atom stereocenters. The highest BCUT2D eigenvalue weighted by Gasteiger charge is 2.37. The standard InChI is InChI=1S/C21H15N3O5/c22-9-10-27-12-7-5-11(6-8-12)15-16-18(29-20(24)17(15)19(23)25)13-3-1-2-4-14(13)28-21(16)26/h1-8,15H,10,24H2,(H2,23,25)/t15-/m1/s1. The van der Waals surface area contributed by atoms with Gasteiger partial charge in [0.25, 0.3) is 5.91 Å². The van der Waals surface area contributed by atoms with Crippen LogP contribution in [-0.2, 0) is 4.79 Å². The maximum Gasteiger partial charge on any atom is 0.344 e. The first kappa shape index (κ1) is 18.1. The molecule has 0 fully saturated rings. The molecule has 1 aliphatic heterocycles. The summed E-state index contributed by atoms with van der Waals surface area (Å²) >= 11 is 0. The van der Waals surface area contributed by atoms with Crippen LogP contribution in [0.5, 0.6) is 11.5 Å². The van der Waals surface area contributed by atoms with Crippen LogP contribution in [0.2, 0.25) is 0 Å². The van der Waals surface area contributed by atoms with E-state index >= 15 is 0 Å². The van der Waals surface area contributed by atoms with Crippen molar-refractivity contribution in [3.8, 4) is 17.6 Å². The fourth-order valence-corrected chi connectivity index (χ4v) is 3.42. The fourth-order valence-electron chi connectivity index (χ4n) is 3.42. The third-order valence-electron chi connectivity index (χ3n) is 4.64. The predicted molar refractivity (Wildman–Crippen MR) is 103 cm³/mol. The first-order chi connectivity index (χ1) is 14.0. The summed E-state index contributed by atoms with van der Waals surface area (Å²) in [7, 11) is 0. The zero-order valence-electron chi connectivity index (χ0n) is 15.0. The van der Waals surface area contributed by atoms with E-state index in [-0.39, 0.29) is 29.4 Å². The van der Waals surface area contributed by atoms with Crippen LogP contribution in [0.25, 0.3) is 11.0 Å². The molecule has 0 bridgehead atoms. The maximum atomic E-state index is 12.8. The number of nitrogens with two attached hydrogens (primary N) is 2. The number of fused-ring (bicyclic) bond motifs is 3. The van der Waals surface area contributed by atoms with Crippen LogP contribution >= 0.6 is 0 Å². The van der Waals surface area contributed by atoms with Gasteiger partial charge in [0.1, 0.15) is 17.4 Å². The number of carbonyl (C=O) groups is 1. The fraction of sp³-hybridized carbons (Fsp3) is 0.0952. The highest BCUT2D eigenvalue weighted by molar-refractivity contribution is 5.97. The maximum absolute atomic E-state index is 12.8. The van der Waals surface area contributed by atoms with E-state index < -0.39 is 17.5 Å². The van der Waals surface area contributed by atoms with Crippen LogP contribution in [0, 0.1) is 11.3 Å². The van der Waals surface area contributed by atoms with Crippen LogP contribution in [0.15, 0.2) is 69.2 Å². The van der Waals surface area contributed by atoms with Crippen LogP contribution < -0.4 is 26.6 Å². The van der Waals surface area contributed by atoms with Crippen molar-refractivity contribution < 1.29 is 18.7 Å². The molecule has 0 spiro atoms. The number of amides is 1. The minimum atomic E-state index is -0.873. The summed E-state index contributed by atoms with van der Waals surface area (Å²) < 4.78 is 16.4. The molecule has 4 rings (SSSR count). The molecule has 0 saturated heterocycles. The van der Waals surface area contributed by atoms with E-state index in [2.05, 4.69) is 0 Å². The van der Waals surface area contributed by atoms with Crippen LogP contribution in [-0.4, -0.2) is 12.5 Å². The lowest BCUT2D eigenvalue weighted by Crippen LogP contribution is -2.32. The Morgan fingerprint density at radius 2 is 1.90 bits per heavy atom. The molecule has 0 radical (unpaired) electrons. The third kappa shape index (κ3) is 3.04. The highest BCUT2D eigenvalue weighted by atomic mass is 16.5. The van der Waals surface area contributed by atoms with Gasteiger partial charge in [0.05, 0.1) is 22.4 Å². The monoisotopic (exact) mass is 389 g/mol. The molecule has 144 valence electrons. The van der Waals surface area contributed by atoms with Gasteiger partial charge in [-0.2, -0.15) is 5.26 Å². The summed E-state index contributed by atoms with van der Waals surface area (Å²) in [5, 5.41) is 9.18. The van der Waals surface area contributed by atoms with Crippen molar-refractivity contribution in [3.05, 3.63) is 81.5 Å². The summed E-state index contributed by atoms with van der Waals surface area (Å²) in [5.74, 6) is -1.16. The molecule has 4 N–H and O–H groups in total. The second-order valence-electron chi connectivity index (χ2n) is 6.32. The van der Waals surface area contributed by atoms with Gasteiger partial charge in [0.2, 0.25) is 5.88 Å². The second kappa shape index (κ2) is 7.05. The topological polar surface area (TPSA) is 142 Å². The Morgan fingerprint density at radius 1 is 1.17 bits per heavy atom. The van der Waals surface area contributed by atoms with Gasteiger partial charge >= 0.3 is 5.63 Å². The molecular weight excluding hydrogens is 374 g/mol. The van der Waals surface area contributed by atoms with Gasteiger partial charge in [-0.1, -0.05) is 24.3 Å². The van der Waals surface area contributed by atoms with Crippen molar-refractivity contribution in [2.75, 3.05) is 6.61 Å². The Hall–Kier alpha value is -4.25. The van der Waals surface area contributed by atoms with E-state index in [1.165, 1.54) is 0 Å². The molecule has 8 nitrogen and oxygen atoms in total. The van der Waals surface area contributed by atoms with Gasteiger partial charge in [0, 0.05) is 0 Å². The molecule has 8 heteroatoms. The molecule has 1 amide bonds. The van der Waals surface area contributed by atoms with Crippen LogP contribution in [0.3, 0.4) is 0 Å². The van der Waals surface area contributed by atoms with Gasteiger partial charge in [-0.25, -0.2) is 4.79 Å². The lowest BCUT2D eigenvalue weighted by Gasteiger charge is -2.27. The number of nitriles is 1. The molecule has 2 aromatic carbocycles. The first-order valence-corrected chi connectivity index (χ1v) is 8.64. The van der Waals surface area contributed by atoms with Crippen molar-refractivity contribution in [1.29, 1.82) is 5.26 Å². The number of para-hydroxylation sites is 1. The molecular formula is C21H15N3O5. The van der Waals surface area contributed by atoms with Gasteiger partial charge in [-0.15, -0.1) is 0 Å². The lowest BCUT2D eigenvalue weighted by atomic mass is 9.83.